The predicted octanol–water partition coefficient (Wildman–Crippen LogP) is 2.54. The van der Waals surface area contributed by atoms with Crippen molar-refractivity contribution >= 4 is 5.78 Å². The third kappa shape index (κ3) is 2.12. The van der Waals surface area contributed by atoms with E-state index in [4.69, 9.17) is 4.74 Å². The Morgan fingerprint density at radius 2 is 1.95 bits per heavy atom. The van der Waals surface area contributed by atoms with Gasteiger partial charge in [-0.3, -0.25) is 4.79 Å². The molecule has 0 spiro atoms. The number of morpholine rings is 1. The number of nitrogens with zero attached hydrogens (tertiary/aromatic N) is 1. The first-order valence-electron chi connectivity index (χ1n) is 8.11. The Morgan fingerprint density at radius 3 is 2.80 bits per heavy atom. The Kier molecular flexibility index (Phi) is 3.18. The van der Waals surface area contributed by atoms with E-state index < -0.39 is 0 Å². The Labute approximate surface area is 120 Å². The summed E-state index contributed by atoms with van der Waals surface area (Å²) in [4.78, 5) is 14.9. The van der Waals surface area contributed by atoms with Crippen LogP contribution in [0.15, 0.2) is 23.4 Å². The first-order chi connectivity index (χ1) is 9.81. The van der Waals surface area contributed by atoms with Gasteiger partial charge in [-0.25, -0.2) is 0 Å². The molecule has 1 unspecified atom stereocenters. The van der Waals surface area contributed by atoms with E-state index in [1.165, 1.54) is 31.3 Å². The van der Waals surface area contributed by atoms with Crippen molar-refractivity contribution in [3.8, 4) is 0 Å². The standard InChI is InChI=1S/C17H23NO2/c19-17-11-14(18-4-6-20-7-5-18)10-15-13-3-1-2-12(8-13)9-16(15)17/h10-13,16H,1-9H2/t12?,13-,16+/m1/s1. The van der Waals surface area contributed by atoms with Crippen LogP contribution in [0.1, 0.15) is 32.1 Å². The molecule has 0 radical (unpaired) electrons. The average molecular weight is 273 g/mol. The van der Waals surface area contributed by atoms with Crippen LogP contribution in [0.5, 0.6) is 0 Å². The van der Waals surface area contributed by atoms with Crippen LogP contribution in [0.3, 0.4) is 0 Å². The Bertz CT molecular complexity index is 473. The zero-order chi connectivity index (χ0) is 13.5. The molecule has 2 bridgehead atoms. The summed E-state index contributed by atoms with van der Waals surface area (Å²) in [7, 11) is 0. The van der Waals surface area contributed by atoms with Crippen molar-refractivity contribution < 1.29 is 9.53 Å². The van der Waals surface area contributed by atoms with Crippen LogP contribution in [-0.4, -0.2) is 37.0 Å². The van der Waals surface area contributed by atoms with Gasteiger partial charge in [0.05, 0.1) is 13.2 Å². The molecule has 1 saturated heterocycles. The number of ether oxygens (including phenoxy) is 1. The summed E-state index contributed by atoms with van der Waals surface area (Å²) in [5, 5.41) is 0. The van der Waals surface area contributed by atoms with Gasteiger partial charge in [-0.05, 0) is 37.2 Å². The molecule has 3 aliphatic carbocycles. The van der Waals surface area contributed by atoms with Crippen LogP contribution in [0.25, 0.3) is 0 Å². The summed E-state index contributed by atoms with van der Waals surface area (Å²) >= 11 is 0. The van der Waals surface area contributed by atoms with Gasteiger partial charge in [0, 0.05) is 30.8 Å². The number of hydrogen-bond acceptors (Lipinski definition) is 3. The lowest BCUT2D eigenvalue weighted by Crippen LogP contribution is -2.39. The number of ketones is 1. The molecule has 2 saturated carbocycles. The minimum atomic E-state index is 0.212. The van der Waals surface area contributed by atoms with Crippen LogP contribution in [0.2, 0.25) is 0 Å². The highest BCUT2D eigenvalue weighted by molar-refractivity contribution is 5.96. The highest BCUT2D eigenvalue weighted by Gasteiger charge is 2.40. The molecular formula is C17H23NO2. The van der Waals surface area contributed by atoms with Gasteiger partial charge in [0.1, 0.15) is 0 Å². The molecule has 1 heterocycles. The van der Waals surface area contributed by atoms with Crippen LogP contribution < -0.4 is 0 Å². The van der Waals surface area contributed by atoms with Crippen molar-refractivity contribution in [3.05, 3.63) is 23.4 Å². The van der Waals surface area contributed by atoms with Crippen molar-refractivity contribution in [1.29, 1.82) is 0 Å². The second kappa shape index (κ2) is 5.03. The maximum atomic E-state index is 12.5. The van der Waals surface area contributed by atoms with Gasteiger partial charge in [0.15, 0.2) is 5.78 Å². The van der Waals surface area contributed by atoms with Crippen LogP contribution in [0, 0.1) is 17.8 Å². The van der Waals surface area contributed by atoms with E-state index in [1.54, 1.807) is 0 Å². The minimum absolute atomic E-state index is 0.212. The Morgan fingerprint density at radius 1 is 1.10 bits per heavy atom. The lowest BCUT2D eigenvalue weighted by Gasteiger charge is -2.43. The molecule has 0 amide bonds. The molecule has 0 aromatic rings. The van der Waals surface area contributed by atoms with Gasteiger partial charge in [-0.2, -0.15) is 0 Å². The normalized spacial score (nSPS) is 37.1. The fraction of sp³-hybridized carbons (Fsp3) is 0.706. The summed E-state index contributed by atoms with van der Waals surface area (Å²) < 4.78 is 5.41. The van der Waals surface area contributed by atoms with Crippen molar-refractivity contribution in [2.24, 2.45) is 17.8 Å². The van der Waals surface area contributed by atoms with E-state index in [9.17, 15) is 4.79 Å². The van der Waals surface area contributed by atoms with Gasteiger partial charge in [-0.15, -0.1) is 0 Å². The highest BCUT2D eigenvalue weighted by Crippen LogP contribution is 2.48. The van der Waals surface area contributed by atoms with E-state index in [0.29, 0.717) is 11.7 Å². The van der Waals surface area contributed by atoms with Gasteiger partial charge in [0.25, 0.3) is 0 Å². The first-order valence-corrected chi connectivity index (χ1v) is 8.11. The first kappa shape index (κ1) is 12.6. The summed E-state index contributed by atoms with van der Waals surface area (Å²) in [6.07, 6.45) is 10.7. The van der Waals surface area contributed by atoms with Crippen molar-refractivity contribution in [3.63, 3.8) is 0 Å². The second-order valence-corrected chi connectivity index (χ2v) is 6.73. The summed E-state index contributed by atoms with van der Waals surface area (Å²) in [6.45, 7) is 3.40. The van der Waals surface area contributed by atoms with Gasteiger partial charge in [0.2, 0.25) is 0 Å². The molecule has 3 nitrogen and oxygen atoms in total. The third-order valence-electron chi connectivity index (χ3n) is 5.55. The summed E-state index contributed by atoms with van der Waals surface area (Å²) in [6, 6.07) is 0. The largest absolute Gasteiger partial charge is 0.378 e. The average Bonchev–Trinajstić information content (AvgIpc) is 2.49. The van der Waals surface area contributed by atoms with E-state index in [0.717, 1.165) is 44.3 Å². The molecule has 4 rings (SSSR count). The Balaban J connectivity index is 1.62. The quantitative estimate of drug-likeness (QED) is 0.735. The monoisotopic (exact) mass is 273 g/mol. The van der Waals surface area contributed by atoms with Crippen LogP contribution in [-0.2, 0) is 9.53 Å². The second-order valence-electron chi connectivity index (χ2n) is 6.73. The fourth-order valence-electron chi connectivity index (χ4n) is 4.52. The number of hydrogen-bond donors (Lipinski definition) is 0. The molecule has 3 atom stereocenters. The van der Waals surface area contributed by atoms with E-state index >= 15 is 0 Å². The maximum absolute atomic E-state index is 12.5. The van der Waals surface area contributed by atoms with Crippen molar-refractivity contribution in [2.45, 2.75) is 32.1 Å². The smallest absolute Gasteiger partial charge is 0.164 e. The number of carbonyl (C=O) groups excluding carboxylic acids is 1. The van der Waals surface area contributed by atoms with Crippen molar-refractivity contribution in [1.82, 2.24) is 4.90 Å². The van der Waals surface area contributed by atoms with Gasteiger partial charge in [-0.1, -0.05) is 18.4 Å². The highest BCUT2D eigenvalue weighted by atomic mass is 16.5. The zero-order valence-corrected chi connectivity index (χ0v) is 12.0. The fourth-order valence-corrected chi connectivity index (χ4v) is 4.52. The molecule has 1 aliphatic heterocycles. The zero-order valence-electron chi connectivity index (χ0n) is 12.0. The topological polar surface area (TPSA) is 29.5 Å². The lowest BCUT2D eigenvalue weighted by atomic mass is 9.63. The number of carbonyl (C=O) groups is 1. The lowest BCUT2D eigenvalue weighted by molar-refractivity contribution is -0.118. The molecule has 0 aromatic heterocycles. The predicted molar refractivity (Wildman–Crippen MR) is 77.1 cm³/mol. The number of fused-ring (bicyclic) bond motifs is 4. The van der Waals surface area contributed by atoms with E-state index in [2.05, 4.69) is 11.0 Å². The molecule has 108 valence electrons. The molecule has 20 heavy (non-hydrogen) atoms. The molecule has 3 fully saturated rings. The number of rotatable bonds is 1. The molecule has 0 N–H and O–H groups in total. The minimum Gasteiger partial charge on any atom is -0.378 e. The molecule has 4 aliphatic rings. The number of allylic oxidation sites excluding steroid dienone is 3. The molecule has 0 aromatic carbocycles. The van der Waals surface area contributed by atoms with Gasteiger partial charge < -0.3 is 9.64 Å². The third-order valence-corrected chi connectivity index (χ3v) is 5.55. The Hall–Kier alpha value is -1.09. The van der Waals surface area contributed by atoms with E-state index in [-0.39, 0.29) is 5.92 Å². The summed E-state index contributed by atoms with van der Waals surface area (Å²) in [5.74, 6) is 2.06. The van der Waals surface area contributed by atoms with Crippen LogP contribution >= 0.6 is 0 Å². The van der Waals surface area contributed by atoms with Gasteiger partial charge >= 0.3 is 0 Å². The molecular weight excluding hydrogens is 250 g/mol. The summed E-state index contributed by atoms with van der Waals surface area (Å²) in [5.41, 5.74) is 2.60. The SMILES string of the molecule is O=C1C=C(N2CCOCC2)C=C2[C@@H]3CCCC(C3)C[C@H]12. The maximum Gasteiger partial charge on any atom is 0.164 e. The van der Waals surface area contributed by atoms with Crippen LogP contribution in [0.4, 0.5) is 0 Å². The van der Waals surface area contributed by atoms with Crippen molar-refractivity contribution in [2.75, 3.05) is 26.3 Å². The van der Waals surface area contributed by atoms with E-state index in [1.807, 2.05) is 6.08 Å². The molecule has 3 heteroatoms.